The van der Waals surface area contributed by atoms with Crippen LogP contribution in [0.4, 0.5) is 0 Å². The molecule has 158 valence electrons. The van der Waals surface area contributed by atoms with Crippen molar-refractivity contribution < 1.29 is 19.4 Å². The quantitative estimate of drug-likeness (QED) is 0.418. The Morgan fingerprint density at radius 3 is 2.31 bits per heavy atom. The van der Waals surface area contributed by atoms with Crippen LogP contribution in [0.3, 0.4) is 0 Å². The van der Waals surface area contributed by atoms with Crippen molar-refractivity contribution in [2.75, 3.05) is 6.61 Å². The normalized spacial score (nSPS) is 11.2. The third-order valence-electron chi connectivity index (χ3n) is 5.65. The van der Waals surface area contributed by atoms with Crippen molar-refractivity contribution in [3.05, 3.63) is 90.0 Å². The fraction of sp³-hybridized carbons (Fsp3) is 0.0769. The van der Waals surface area contributed by atoms with Gasteiger partial charge >= 0.3 is 5.97 Å². The summed E-state index contributed by atoms with van der Waals surface area (Å²) >= 11 is 0. The molecule has 0 radical (unpaired) electrons. The number of carboxylic acids is 1. The number of aliphatic carboxylic acids is 1. The number of carboxylic acid groups (broad SMARTS) is 1. The molecule has 0 bridgehead atoms. The van der Waals surface area contributed by atoms with Gasteiger partial charge in [-0.3, -0.25) is 4.79 Å². The summed E-state index contributed by atoms with van der Waals surface area (Å²) in [6.45, 7) is 0.0879. The molecular formula is C26H20N2O4. The molecule has 0 unspecified atom stereocenters. The van der Waals surface area contributed by atoms with Crippen LogP contribution in [0.5, 0.6) is 5.75 Å². The molecule has 1 aromatic heterocycles. The van der Waals surface area contributed by atoms with Gasteiger partial charge in [0.15, 0.2) is 6.61 Å². The molecule has 0 fully saturated rings. The summed E-state index contributed by atoms with van der Waals surface area (Å²) in [5.74, 6) is -1.22. The fourth-order valence-electron chi connectivity index (χ4n) is 4.31. The molecule has 0 aliphatic heterocycles. The first-order chi connectivity index (χ1) is 15.5. The number of nitrogens with zero attached hydrogens (tertiary/aromatic N) is 1. The number of carbonyl (C=O) groups excluding carboxylic acids is 1. The van der Waals surface area contributed by atoms with Crippen LogP contribution in [0.15, 0.2) is 78.9 Å². The van der Waals surface area contributed by atoms with Crippen molar-refractivity contribution in [1.29, 1.82) is 0 Å². The predicted octanol–water partition coefficient (Wildman–Crippen LogP) is 4.56. The van der Waals surface area contributed by atoms with Crippen molar-refractivity contribution in [3.8, 4) is 5.75 Å². The van der Waals surface area contributed by atoms with Gasteiger partial charge in [0.2, 0.25) is 5.91 Å². The minimum Gasteiger partial charge on any atom is -0.481 e. The van der Waals surface area contributed by atoms with Crippen molar-refractivity contribution in [2.45, 2.75) is 6.54 Å². The number of amides is 1. The standard InChI is InChI=1S/C26H20N2O4/c27-26(31)19-7-3-8-20-24(19)25-21(9-4-10-22(25)32-15-23(29)30)28(20)14-16-11-12-17-5-1-2-6-18(17)13-16/h1-13H,14-15H2,(H2,27,31)(H,29,30). The molecule has 0 saturated carbocycles. The van der Waals surface area contributed by atoms with Crippen molar-refractivity contribution in [1.82, 2.24) is 4.57 Å². The van der Waals surface area contributed by atoms with Gasteiger partial charge in [-0.2, -0.15) is 0 Å². The van der Waals surface area contributed by atoms with Crippen LogP contribution in [-0.2, 0) is 11.3 Å². The van der Waals surface area contributed by atoms with E-state index in [1.807, 2.05) is 30.3 Å². The first-order valence-corrected chi connectivity index (χ1v) is 10.2. The zero-order chi connectivity index (χ0) is 22.2. The van der Waals surface area contributed by atoms with E-state index in [4.69, 9.17) is 15.6 Å². The molecule has 5 rings (SSSR count). The minimum atomic E-state index is -1.07. The van der Waals surface area contributed by atoms with Gasteiger partial charge in [0.05, 0.1) is 16.4 Å². The molecule has 0 saturated heterocycles. The number of ether oxygens (including phenoxy) is 1. The molecule has 5 aromatic rings. The number of primary amides is 1. The van der Waals surface area contributed by atoms with Crippen LogP contribution in [0.1, 0.15) is 15.9 Å². The van der Waals surface area contributed by atoms with E-state index < -0.39 is 18.5 Å². The van der Waals surface area contributed by atoms with Gasteiger partial charge < -0.3 is 20.1 Å². The lowest BCUT2D eigenvalue weighted by molar-refractivity contribution is -0.139. The van der Waals surface area contributed by atoms with Gasteiger partial charge in [-0.05, 0) is 46.7 Å². The molecule has 0 atom stereocenters. The second kappa shape index (κ2) is 7.74. The number of aromatic nitrogens is 1. The summed E-state index contributed by atoms with van der Waals surface area (Å²) in [4.78, 5) is 23.3. The second-order valence-electron chi connectivity index (χ2n) is 7.66. The molecule has 6 nitrogen and oxygen atoms in total. The molecule has 0 spiro atoms. The minimum absolute atomic E-state index is 0.371. The Morgan fingerprint density at radius 1 is 0.844 bits per heavy atom. The molecule has 3 N–H and O–H groups in total. The fourth-order valence-corrected chi connectivity index (χ4v) is 4.31. The molecule has 32 heavy (non-hydrogen) atoms. The highest BCUT2D eigenvalue weighted by molar-refractivity contribution is 6.19. The lowest BCUT2D eigenvalue weighted by Crippen LogP contribution is -2.11. The number of nitrogens with two attached hydrogens (primary N) is 1. The maximum atomic E-state index is 12.2. The zero-order valence-corrected chi connectivity index (χ0v) is 17.1. The monoisotopic (exact) mass is 424 g/mol. The molecule has 1 amide bonds. The average Bonchev–Trinajstić information content (AvgIpc) is 3.11. The first-order valence-electron chi connectivity index (χ1n) is 10.2. The predicted molar refractivity (Wildman–Crippen MR) is 124 cm³/mol. The summed E-state index contributed by atoms with van der Waals surface area (Å²) < 4.78 is 7.69. The third kappa shape index (κ3) is 3.32. The lowest BCUT2D eigenvalue weighted by Gasteiger charge is -2.10. The number of hydrogen-bond donors (Lipinski definition) is 2. The highest BCUT2D eigenvalue weighted by Crippen LogP contribution is 2.38. The van der Waals surface area contributed by atoms with Crippen LogP contribution in [-0.4, -0.2) is 28.2 Å². The van der Waals surface area contributed by atoms with E-state index in [1.165, 1.54) is 5.39 Å². The number of rotatable bonds is 6. The SMILES string of the molecule is NC(=O)c1cccc2c1c1c(OCC(=O)O)cccc1n2Cc1ccc2ccccc2c1. The topological polar surface area (TPSA) is 94.6 Å². The summed E-state index contributed by atoms with van der Waals surface area (Å²) in [5, 5.41) is 12.7. The molecule has 0 aliphatic rings. The molecular weight excluding hydrogens is 404 g/mol. The van der Waals surface area contributed by atoms with Gasteiger partial charge in [0.1, 0.15) is 5.75 Å². The summed E-state index contributed by atoms with van der Waals surface area (Å²) in [7, 11) is 0. The molecule has 1 heterocycles. The van der Waals surface area contributed by atoms with E-state index in [2.05, 4.69) is 34.9 Å². The Morgan fingerprint density at radius 2 is 1.56 bits per heavy atom. The largest absolute Gasteiger partial charge is 0.481 e. The van der Waals surface area contributed by atoms with E-state index in [0.717, 1.165) is 22.0 Å². The smallest absolute Gasteiger partial charge is 0.341 e. The zero-order valence-electron chi connectivity index (χ0n) is 17.1. The van der Waals surface area contributed by atoms with E-state index >= 15 is 0 Å². The summed E-state index contributed by atoms with van der Waals surface area (Å²) in [6, 6.07) is 25.4. The number of hydrogen-bond acceptors (Lipinski definition) is 3. The molecule has 4 aromatic carbocycles. The maximum Gasteiger partial charge on any atom is 0.341 e. The first kappa shape index (κ1) is 19.6. The van der Waals surface area contributed by atoms with Gasteiger partial charge in [0, 0.05) is 17.5 Å². The van der Waals surface area contributed by atoms with E-state index in [9.17, 15) is 9.59 Å². The van der Waals surface area contributed by atoms with Gasteiger partial charge in [0.25, 0.3) is 0 Å². The number of fused-ring (bicyclic) bond motifs is 4. The van der Waals surface area contributed by atoms with Crippen LogP contribution in [0.25, 0.3) is 32.6 Å². The van der Waals surface area contributed by atoms with E-state index in [-0.39, 0.29) is 0 Å². The summed E-state index contributed by atoms with van der Waals surface area (Å²) in [6.07, 6.45) is 0. The second-order valence-corrected chi connectivity index (χ2v) is 7.66. The molecule has 6 heteroatoms. The third-order valence-corrected chi connectivity index (χ3v) is 5.65. The van der Waals surface area contributed by atoms with Crippen molar-refractivity contribution in [3.63, 3.8) is 0 Å². The van der Waals surface area contributed by atoms with Gasteiger partial charge in [-0.1, -0.05) is 48.5 Å². The van der Waals surface area contributed by atoms with Crippen LogP contribution >= 0.6 is 0 Å². The van der Waals surface area contributed by atoms with E-state index in [1.54, 1.807) is 18.2 Å². The number of carbonyl (C=O) groups is 2. The maximum absolute atomic E-state index is 12.2. The van der Waals surface area contributed by atoms with Crippen LogP contribution < -0.4 is 10.5 Å². The lowest BCUT2D eigenvalue weighted by atomic mass is 10.1. The molecule has 0 aliphatic carbocycles. The van der Waals surface area contributed by atoms with Crippen molar-refractivity contribution >= 4 is 44.5 Å². The van der Waals surface area contributed by atoms with Gasteiger partial charge in [-0.25, -0.2) is 4.79 Å². The Hall–Kier alpha value is -4.32. The highest BCUT2D eigenvalue weighted by Gasteiger charge is 2.20. The van der Waals surface area contributed by atoms with Crippen LogP contribution in [0, 0.1) is 0 Å². The Balaban J connectivity index is 1.75. The Labute approximate surface area is 183 Å². The Bertz CT molecular complexity index is 1520. The average molecular weight is 424 g/mol. The number of benzene rings is 4. The summed E-state index contributed by atoms with van der Waals surface area (Å²) in [5.41, 5.74) is 8.82. The van der Waals surface area contributed by atoms with Crippen LogP contribution in [0.2, 0.25) is 0 Å². The Kier molecular flexibility index (Phi) is 4.75. The highest BCUT2D eigenvalue weighted by atomic mass is 16.5. The van der Waals surface area contributed by atoms with Crippen molar-refractivity contribution in [2.24, 2.45) is 5.73 Å². The van der Waals surface area contributed by atoms with E-state index in [0.29, 0.717) is 28.6 Å². The van der Waals surface area contributed by atoms with Gasteiger partial charge in [-0.15, -0.1) is 0 Å².